The number of thioether (sulfide) groups is 1. The third-order valence-electron chi connectivity index (χ3n) is 1.76. The summed E-state index contributed by atoms with van der Waals surface area (Å²) in [5.74, 6) is -0.798. The molecular weight excluding hydrogens is 220 g/mol. The average molecular weight is 233 g/mol. The van der Waals surface area contributed by atoms with Crippen LogP contribution in [0.15, 0.2) is 23.1 Å². The van der Waals surface area contributed by atoms with Gasteiger partial charge in [-0.2, -0.15) is 0 Å². The topological polar surface area (TPSA) is 32.3 Å². The zero-order chi connectivity index (χ0) is 11.3. The summed E-state index contributed by atoms with van der Waals surface area (Å²) in [4.78, 5) is 0.353. The van der Waals surface area contributed by atoms with Crippen molar-refractivity contribution >= 4 is 11.8 Å². The molecule has 2 nitrogen and oxygen atoms in total. The standard InChI is InChI=1S/C10H13F2NOS/c1-13-5-8(14)6-15-10-3-2-7(11)4-9(10)12/h2-4,8,13-14H,5-6H2,1H3. The zero-order valence-corrected chi connectivity index (χ0v) is 9.15. The van der Waals surface area contributed by atoms with Gasteiger partial charge in [0.1, 0.15) is 11.6 Å². The molecule has 0 saturated heterocycles. The molecule has 84 valence electrons. The number of likely N-dealkylation sites (N-methyl/N-ethyl adjacent to an activating group) is 1. The highest BCUT2D eigenvalue weighted by molar-refractivity contribution is 7.99. The van der Waals surface area contributed by atoms with E-state index in [1.54, 1.807) is 7.05 Å². The van der Waals surface area contributed by atoms with E-state index in [0.717, 1.165) is 6.07 Å². The Morgan fingerprint density at radius 3 is 2.80 bits per heavy atom. The quantitative estimate of drug-likeness (QED) is 0.758. The fraction of sp³-hybridized carbons (Fsp3) is 0.400. The monoisotopic (exact) mass is 233 g/mol. The van der Waals surface area contributed by atoms with Gasteiger partial charge in [-0.25, -0.2) is 8.78 Å². The van der Waals surface area contributed by atoms with Crippen LogP contribution in [-0.2, 0) is 0 Å². The predicted molar refractivity (Wildman–Crippen MR) is 57.0 cm³/mol. The second-order valence-corrected chi connectivity index (χ2v) is 4.16. The first-order chi connectivity index (χ1) is 7.13. The molecular formula is C10H13F2NOS. The SMILES string of the molecule is CNCC(O)CSc1ccc(F)cc1F. The highest BCUT2D eigenvalue weighted by Gasteiger charge is 2.07. The van der Waals surface area contributed by atoms with Gasteiger partial charge in [0.05, 0.1) is 6.10 Å². The summed E-state index contributed by atoms with van der Waals surface area (Å²) in [7, 11) is 1.73. The molecule has 0 bridgehead atoms. The van der Waals surface area contributed by atoms with Crippen LogP contribution >= 0.6 is 11.8 Å². The maximum atomic E-state index is 13.1. The van der Waals surface area contributed by atoms with Gasteiger partial charge >= 0.3 is 0 Å². The normalized spacial score (nSPS) is 12.8. The third-order valence-corrected chi connectivity index (χ3v) is 2.96. The minimum absolute atomic E-state index is 0.353. The van der Waals surface area contributed by atoms with Crippen LogP contribution in [0.25, 0.3) is 0 Å². The number of nitrogens with one attached hydrogen (secondary N) is 1. The van der Waals surface area contributed by atoms with Crippen LogP contribution in [0.2, 0.25) is 0 Å². The Bertz CT molecular complexity index is 322. The molecule has 0 aliphatic heterocycles. The summed E-state index contributed by atoms with van der Waals surface area (Å²) in [5, 5.41) is 12.2. The number of hydrogen-bond acceptors (Lipinski definition) is 3. The van der Waals surface area contributed by atoms with Gasteiger partial charge in [0, 0.05) is 23.3 Å². The van der Waals surface area contributed by atoms with Gasteiger partial charge in [0.25, 0.3) is 0 Å². The molecule has 1 rings (SSSR count). The summed E-state index contributed by atoms with van der Waals surface area (Å²) in [6.07, 6.45) is -0.538. The molecule has 0 saturated carbocycles. The lowest BCUT2D eigenvalue weighted by atomic mass is 10.3. The first kappa shape index (κ1) is 12.4. The second-order valence-electron chi connectivity index (χ2n) is 3.10. The van der Waals surface area contributed by atoms with Gasteiger partial charge in [-0.05, 0) is 19.2 Å². The van der Waals surface area contributed by atoms with E-state index in [0.29, 0.717) is 17.2 Å². The number of hydrogen-bond donors (Lipinski definition) is 2. The van der Waals surface area contributed by atoms with Crippen LogP contribution in [0, 0.1) is 11.6 Å². The van der Waals surface area contributed by atoms with E-state index < -0.39 is 17.7 Å². The van der Waals surface area contributed by atoms with Crippen LogP contribution in [0.1, 0.15) is 0 Å². The fourth-order valence-electron chi connectivity index (χ4n) is 1.07. The smallest absolute Gasteiger partial charge is 0.139 e. The third kappa shape index (κ3) is 4.15. The molecule has 2 N–H and O–H groups in total. The molecule has 0 aliphatic rings. The Morgan fingerprint density at radius 2 is 2.20 bits per heavy atom. The minimum atomic E-state index is -0.590. The van der Waals surface area contributed by atoms with Crippen molar-refractivity contribution in [1.82, 2.24) is 5.32 Å². The van der Waals surface area contributed by atoms with E-state index in [4.69, 9.17) is 0 Å². The molecule has 1 atom stereocenters. The number of aliphatic hydroxyl groups excluding tert-OH is 1. The van der Waals surface area contributed by atoms with Gasteiger partial charge in [0.15, 0.2) is 0 Å². The Kier molecular flexibility index (Phi) is 5.01. The van der Waals surface area contributed by atoms with Gasteiger partial charge in [-0.15, -0.1) is 11.8 Å². The number of benzene rings is 1. The molecule has 0 heterocycles. The van der Waals surface area contributed by atoms with Crippen molar-refractivity contribution in [2.45, 2.75) is 11.0 Å². The van der Waals surface area contributed by atoms with Gasteiger partial charge in [-0.3, -0.25) is 0 Å². The summed E-state index contributed by atoms with van der Waals surface area (Å²) < 4.78 is 25.7. The minimum Gasteiger partial charge on any atom is -0.391 e. The lowest BCUT2D eigenvalue weighted by molar-refractivity contribution is 0.199. The molecule has 1 aromatic rings. The molecule has 0 amide bonds. The molecule has 5 heteroatoms. The molecule has 1 unspecified atom stereocenters. The van der Waals surface area contributed by atoms with Crippen molar-refractivity contribution in [3.8, 4) is 0 Å². The zero-order valence-electron chi connectivity index (χ0n) is 8.34. The second kappa shape index (κ2) is 6.05. The van der Waals surface area contributed by atoms with Crippen molar-refractivity contribution in [1.29, 1.82) is 0 Å². The summed E-state index contributed by atoms with van der Waals surface area (Å²) >= 11 is 1.17. The van der Waals surface area contributed by atoms with Gasteiger partial charge in [-0.1, -0.05) is 0 Å². The fourth-order valence-corrected chi connectivity index (χ4v) is 1.92. The van der Waals surface area contributed by atoms with E-state index in [1.807, 2.05) is 0 Å². The Balaban J connectivity index is 2.50. The van der Waals surface area contributed by atoms with Crippen molar-refractivity contribution in [3.63, 3.8) is 0 Å². The van der Waals surface area contributed by atoms with Crippen LogP contribution in [0.4, 0.5) is 8.78 Å². The molecule has 0 spiro atoms. The lowest BCUT2D eigenvalue weighted by Crippen LogP contribution is -2.25. The first-order valence-corrected chi connectivity index (χ1v) is 5.52. The molecule has 0 radical (unpaired) electrons. The highest BCUT2D eigenvalue weighted by Crippen LogP contribution is 2.22. The van der Waals surface area contributed by atoms with Crippen LogP contribution in [-0.4, -0.2) is 30.6 Å². The molecule has 0 fully saturated rings. The number of aliphatic hydroxyl groups is 1. The maximum absolute atomic E-state index is 13.1. The molecule has 1 aromatic carbocycles. The summed E-state index contributed by atoms with van der Waals surface area (Å²) in [5.41, 5.74) is 0. The van der Waals surface area contributed by atoms with E-state index in [2.05, 4.69) is 5.32 Å². The van der Waals surface area contributed by atoms with E-state index in [9.17, 15) is 13.9 Å². The van der Waals surface area contributed by atoms with Crippen LogP contribution in [0.3, 0.4) is 0 Å². The van der Waals surface area contributed by atoms with Crippen molar-refractivity contribution in [2.75, 3.05) is 19.3 Å². The number of halogens is 2. The van der Waals surface area contributed by atoms with E-state index >= 15 is 0 Å². The Morgan fingerprint density at radius 1 is 1.47 bits per heavy atom. The van der Waals surface area contributed by atoms with E-state index in [-0.39, 0.29) is 0 Å². The Hall–Kier alpha value is -0.650. The molecule has 0 aliphatic carbocycles. The first-order valence-electron chi connectivity index (χ1n) is 4.54. The molecule has 15 heavy (non-hydrogen) atoms. The lowest BCUT2D eigenvalue weighted by Gasteiger charge is -2.09. The highest BCUT2D eigenvalue weighted by atomic mass is 32.2. The Labute approximate surface area is 91.7 Å². The van der Waals surface area contributed by atoms with Crippen molar-refractivity contribution < 1.29 is 13.9 Å². The summed E-state index contributed by atoms with van der Waals surface area (Å²) in [6, 6.07) is 3.42. The van der Waals surface area contributed by atoms with Crippen LogP contribution in [0.5, 0.6) is 0 Å². The average Bonchev–Trinajstić information content (AvgIpc) is 2.17. The van der Waals surface area contributed by atoms with E-state index in [1.165, 1.54) is 23.9 Å². The largest absolute Gasteiger partial charge is 0.391 e. The van der Waals surface area contributed by atoms with Gasteiger partial charge in [0.2, 0.25) is 0 Å². The predicted octanol–water partition coefficient (Wildman–Crippen LogP) is 1.64. The maximum Gasteiger partial charge on any atom is 0.139 e. The van der Waals surface area contributed by atoms with Crippen molar-refractivity contribution in [2.24, 2.45) is 0 Å². The summed E-state index contributed by atoms with van der Waals surface area (Å²) in [6.45, 7) is 0.454. The molecule has 0 aromatic heterocycles. The van der Waals surface area contributed by atoms with Gasteiger partial charge < -0.3 is 10.4 Å². The number of rotatable bonds is 5. The van der Waals surface area contributed by atoms with Crippen LogP contribution < -0.4 is 5.32 Å². The van der Waals surface area contributed by atoms with Crippen molar-refractivity contribution in [3.05, 3.63) is 29.8 Å².